The lowest BCUT2D eigenvalue weighted by Crippen LogP contribution is -2.35. The van der Waals surface area contributed by atoms with Gasteiger partial charge < -0.3 is 9.80 Å². The Hall–Kier alpha value is -1.38. The van der Waals surface area contributed by atoms with Crippen LogP contribution in [0.1, 0.15) is 12.0 Å². The van der Waals surface area contributed by atoms with Crippen molar-refractivity contribution >= 4 is 17.3 Å². The standard InChI is InChI=1S/C15H18ClF2N3/c1-10-11(17)6-12(13(16)14(10)18)21-5-4-15(7-19,9-21)8-20(2)3/h6H,4-5,8-9H2,1-3H3/t15-/m0/s1. The number of halogens is 3. The third kappa shape index (κ3) is 2.97. The minimum absolute atomic E-state index is 0.0764. The Labute approximate surface area is 128 Å². The van der Waals surface area contributed by atoms with Gasteiger partial charge in [0, 0.05) is 25.2 Å². The van der Waals surface area contributed by atoms with Gasteiger partial charge in [-0.05, 0) is 33.5 Å². The molecule has 0 bridgehead atoms. The summed E-state index contributed by atoms with van der Waals surface area (Å²) in [6, 6.07) is 3.61. The molecule has 21 heavy (non-hydrogen) atoms. The molecule has 1 saturated heterocycles. The van der Waals surface area contributed by atoms with Crippen LogP contribution in [0.3, 0.4) is 0 Å². The van der Waals surface area contributed by atoms with Gasteiger partial charge in [0.05, 0.1) is 17.2 Å². The van der Waals surface area contributed by atoms with E-state index >= 15 is 0 Å². The van der Waals surface area contributed by atoms with Crippen LogP contribution < -0.4 is 4.90 Å². The quantitative estimate of drug-likeness (QED) is 0.803. The SMILES string of the molecule is Cc1c(F)cc(N2CC[C@](C#N)(CN(C)C)C2)c(Cl)c1F. The minimum Gasteiger partial charge on any atom is -0.368 e. The fourth-order valence-corrected chi connectivity index (χ4v) is 3.16. The molecule has 2 rings (SSSR count). The van der Waals surface area contributed by atoms with E-state index in [4.69, 9.17) is 11.6 Å². The van der Waals surface area contributed by atoms with E-state index in [9.17, 15) is 14.0 Å². The van der Waals surface area contributed by atoms with Crippen molar-refractivity contribution in [1.82, 2.24) is 4.90 Å². The average Bonchev–Trinajstić information content (AvgIpc) is 2.84. The summed E-state index contributed by atoms with van der Waals surface area (Å²) in [4.78, 5) is 3.74. The van der Waals surface area contributed by atoms with Crippen molar-refractivity contribution < 1.29 is 8.78 Å². The molecule has 0 aliphatic carbocycles. The molecule has 0 unspecified atom stereocenters. The summed E-state index contributed by atoms with van der Waals surface area (Å²) in [5.74, 6) is -1.34. The summed E-state index contributed by atoms with van der Waals surface area (Å²) in [5, 5.41) is 9.39. The third-order valence-electron chi connectivity index (χ3n) is 3.92. The monoisotopic (exact) mass is 313 g/mol. The van der Waals surface area contributed by atoms with Gasteiger partial charge in [0.1, 0.15) is 16.7 Å². The highest BCUT2D eigenvalue weighted by molar-refractivity contribution is 6.33. The molecule has 1 fully saturated rings. The molecule has 1 atom stereocenters. The molecule has 0 aromatic heterocycles. The Morgan fingerprint density at radius 2 is 2.14 bits per heavy atom. The van der Waals surface area contributed by atoms with Gasteiger partial charge in [-0.15, -0.1) is 0 Å². The van der Waals surface area contributed by atoms with E-state index in [1.54, 1.807) is 4.90 Å². The van der Waals surface area contributed by atoms with Crippen LogP contribution in [0.25, 0.3) is 0 Å². The summed E-state index contributed by atoms with van der Waals surface area (Å²) in [7, 11) is 3.81. The van der Waals surface area contributed by atoms with E-state index in [-0.39, 0.29) is 10.6 Å². The second kappa shape index (κ2) is 5.78. The molecule has 6 heteroatoms. The van der Waals surface area contributed by atoms with Crippen molar-refractivity contribution in [3.63, 3.8) is 0 Å². The first-order valence-electron chi connectivity index (χ1n) is 6.75. The van der Waals surface area contributed by atoms with Gasteiger partial charge in [0.2, 0.25) is 0 Å². The molecular formula is C15H18ClF2N3. The van der Waals surface area contributed by atoms with Crippen LogP contribution in [0.4, 0.5) is 14.5 Å². The second-order valence-corrected chi connectivity index (χ2v) is 6.31. The van der Waals surface area contributed by atoms with E-state index in [1.165, 1.54) is 13.0 Å². The Morgan fingerprint density at radius 1 is 1.48 bits per heavy atom. The average molecular weight is 314 g/mol. The van der Waals surface area contributed by atoms with Gasteiger partial charge >= 0.3 is 0 Å². The molecule has 0 N–H and O–H groups in total. The highest BCUT2D eigenvalue weighted by Gasteiger charge is 2.40. The van der Waals surface area contributed by atoms with Gasteiger partial charge in [-0.1, -0.05) is 11.6 Å². The molecule has 0 saturated carbocycles. The number of nitrogens with zero attached hydrogens (tertiary/aromatic N) is 3. The maximum absolute atomic E-state index is 13.9. The molecule has 1 aliphatic rings. The first-order valence-corrected chi connectivity index (χ1v) is 7.12. The zero-order chi connectivity index (χ0) is 15.8. The highest BCUT2D eigenvalue weighted by atomic mass is 35.5. The first-order chi connectivity index (χ1) is 9.79. The fraction of sp³-hybridized carbons (Fsp3) is 0.533. The largest absolute Gasteiger partial charge is 0.368 e. The predicted molar refractivity (Wildman–Crippen MR) is 79.5 cm³/mol. The molecule has 0 spiro atoms. The zero-order valence-corrected chi connectivity index (χ0v) is 13.1. The lowest BCUT2D eigenvalue weighted by molar-refractivity contribution is 0.281. The van der Waals surface area contributed by atoms with Crippen molar-refractivity contribution in [2.75, 3.05) is 38.6 Å². The fourth-order valence-electron chi connectivity index (χ4n) is 2.84. The maximum Gasteiger partial charge on any atom is 0.149 e. The van der Waals surface area contributed by atoms with E-state index < -0.39 is 17.0 Å². The molecule has 0 amide bonds. The van der Waals surface area contributed by atoms with Gasteiger partial charge in [-0.3, -0.25) is 0 Å². The topological polar surface area (TPSA) is 30.3 Å². The lowest BCUT2D eigenvalue weighted by atomic mass is 9.88. The number of benzene rings is 1. The van der Waals surface area contributed by atoms with Crippen LogP contribution in [-0.2, 0) is 0 Å². The lowest BCUT2D eigenvalue weighted by Gasteiger charge is -2.26. The molecule has 1 aromatic carbocycles. The van der Waals surface area contributed by atoms with Crippen molar-refractivity contribution in [3.05, 3.63) is 28.3 Å². The number of anilines is 1. The number of hydrogen-bond acceptors (Lipinski definition) is 3. The number of nitriles is 1. The van der Waals surface area contributed by atoms with Crippen LogP contribution >= 0.6 is 11.6 Å². The Kier molecular flexibility index (Phi) is 4.40. The molecule has 1 heterocycles. The Morgan fingerprint density at radius 3 is 2.71 bits per heavy atom. The molecule has 3 nitrogen and oxygen atoms in total. The van der Waals surface area contributed by atoms with Crippen molar-refractivity contribution in [3.8, 4) is 6.07 Å². The summed E-state index contributed by atoms with van der Waals surface area (Å²) in [6.45, 7) is 2.94. The molecule has 1 aromatic rings. The summed E-state index contributed by atoms with van der Waals surface area (Å²) in [6.07, 6.45) is 0.648. The van der Waals surface area contributed by atoms with E-state index in [2.05, 4.69) is 6.07 Å². The Bertz CT molecular complexity index is 598. The van der Waals surface area contributed by atoms with E-state index in [0.29, 0.717) is 31.7 Å². The van der Waals surface area contributed by atoms with Gasteiger partial charge in [-0.2, -0.15) is 5.26 Å². The van der Waals surface area contributed by atoms with E-state index in [1.807, 2.05) is 19.0 Å². The molecule has 1 aliphatic heterocycles. The number of rotatable bonds is 3. The summed E-state index contributed by atoms with van der Waals surface area (Å²) >= 11 is 6.02. The third-order valence-corrected chi connectivity index (χ3v) is 4.28. The van der Waals surface area contributed by atoms with Crippen LogP contribution in [-0.4, -0.2) is 38.6 Å². The molecule has 0 radical (unpaired) electrons. The predicted octanol–water partition coefficient (Wildman–Crippen LogP) is 3.21. The summed E-state index contributed by atoms with van der Waals surface area (Å²) < 4.78 is 27.7. The summed E-state index contributed by atoms with van der Waals surface area (Å²) in [5.41, 5.74) is -0.291. The minimum atomic E-state index is -0.728. The highest BCUT2D eigenvalue weighted by Crippen LogP contribution is 2.39. The van der Waals surface area contributed by atoms with Crippen LogP contribution in [0.2, 0.25) is 5.02 Å². The van der Waals surface area contributed by atoms with Crippen molar-refractivity contribution in [1.29, 1.82) is 5.26 Å². The normalized spacial score (nSPS) is 21.9. The van der Waals surface area contributed by atoms with E-state index in [0.717, 1.165) is 0 Å². The van der Waals surface area contributed by atoms with Gasteiger partial charge in [-0.25, -0.2) is 8.78 Å². The van der Waals surface area contributed by atoms with Crippen LogP contribution in [0.5, 0.6) is 0 Å². The smallest absolute Gasteiger partial charge is 0.149 e. The second-order valence-electron chi connectivity index (χ2n) is 5.93. The van der Waals surface area contributed by atoms with Crippen molar-refractivity contribution in [2.45, 2.75) is 13.3 Å². The first kappa shape index (κ1) is 16.0. The number of hydrogen-bond donors (Lipinski definition) is 0. The molecule has 114 valence electrons. The maximum atomic E-state index is 13.9. The van der Waals surface area contributed by atoms with Crippen molar-refractivity contribution in [2.24, 2.45) is 5.41 Å². The molecular weight excluding hydrogens is 296 g/mol. The van der Waals surface area contributed by atoms with Gasteiger partial charge in [0.25, 0.3) is 0 Å². The van der Waals surface area contributed by atoms with Gasteiger partial charge in [0.15, 0.2) is 0 Å². The Balaban J connectivity index is 2.32. The van der Waals surface area contributed by atoms with Crippen LogP contribution in [0, 0.1) is 35.3 Å². The van der Waals surface area contributed by atoms with Crippen LogP contribution in [0.15, 0.2) is 6.07 Å². The zero-order valence-electron chi connectivity index (χ0n) is 12.4.